The Hall–Kier alpha value is -1.83. The SMILES string of the molecule is CC[C@H](/C=C/S(=O)(=O)C1CNC1)NC(=O)C1(F)CCN(S(=O)(=O)c2ccc(Br)cc2-c2ccccc2Cl)CC1. The number of piperidine rings is 1. The minimum atomic E-state index is -4.04. The molecule has 4 rings (SSSR count). The maximum atomic E-state index is 15.7. The number of hydrogen-bond donors (Lipinski definition) is 2. The molecule has 39 heavy (non-hydrogen) atoms. The molecule has 212 valence electrons. The summed E-state index contributed by atoms with van der Waals surface area (Å²) in [5.41, 5.74) is -1.32. The second-order valence-corrected chi connectivity index (χ2v) is 15.0. The normalized spacial score (nSPS) is 19.5. The van der Waals surface area contributed by atoms with Crippen LogP contribution in [0.2, 0.25) is 5.02 Å². The Morgan fingerprint density at radius 1 is 1.18 bits per heavy atom. The van der Waals surface area contributed by atoms with Crippen LogP contribution in [0.1, 0.15) is 26.2 Å². The first-order valence-electron chi connectivity index (χ1n) is 12.5. The monoisotopic (exact) mass is 661 g/mol. The predicted molar refractivity (Wildman–Crippen MR) is 153 cm³/mol. The fourth-order valence-electron chi connectivity index (χ4n) is 4.46. The van der Waals surface area contributed by atoms with E-state index in [0.29, 0.717) is 40.1 Å². The van der Waals surface area contributed by atoms with E-state index in [-0.39, 0.29) is 30.8 Å². The van der Waals surface area contributed by atoms with Crippen molar-refractivity contribution in [3.05, 3.63) is 63.4 Å². The highest BCUT2D eigenvalue weighted by molar-refractivity contribution is 9.10. The van der Waals surface area contributed by atoms with Gasteiger partial charge in [-0.1, -0.05) is 58.7 Å². The number of benzene rings is 2. The van der Waals surface area contributed by atoms with Crippen molar-refractivity contribution in [2.45, 2.75) is 48.0 Å². The van der Waals surface area contributed by atoms with E-state index in [1.807, 2.05) is 0 Å². The number of amides is 1. The lowest BCUT2D eigenvalue weighted by Crippen LogP contribution is -2.53. The number of nitrogens with zero attached hydrogens (tertiary/aromatic N) is 1. The molecule has 0 aromatic heterocycles. The van der Waals surface area contributed by atoms with Gasteiger partial charge in [-0.15, -0.1) is 0 Å². The molecule has 0 aliphatic carbocycles. The summed E-state index contributed by atoms with van der Waals surface area (Å²) in [6.45, 7) is 2.12. The Morgan fingerprint density at radius 2 is 1.85 bits per heavy atom. The largest absolute Gasteiger partial charge is 0.347 e. The van der Waals surface area contributed by atoms with Crippen LogP contribution in [0, 0.1) is 0 Å². The van der Waals surface area contributed by atoms with Gasteiger partial charge >= 0.3 is 0 Å². The molecule has 2 heterocycles. The summed E-state index contributed by atoms with van der Waals surface area (Å²) >= 11 is 9.74. The van der Waals surface area contributed by atoms with Crippen molar-refractivity contribution >= 4 is 53.3 Å². The number of alkyl halides is 1. The number of sulfonamides is 1. The molecule has 13 heteroatoms. The zero-order valence-electron chi connectivity index (χ0n) is 21.2. The zero-order chi connectivity index (χ0) is 28.4. The Kier molecular flexibility index (Phi) is 9.24. The van der Waals surface area contributed by atoms with Gasteiger partial charge in [0.05, 0.1) is 10.1 Å². The summed E-state index contributed by atoms with van der Waals surface area (Å²) in [6.07, 6.45) is 1.08. The van der Waals surface area contributed by atoms with Gasteiger partial charge in [-0.3, -0.25) is 4.79 Å². The van der Waals surface area contributed by atoms with Crippen molar-refractivity contribution in [1.82, 2.24) is 14.9 Å². The number of halogens is 3. The Balaban J connectivity index is 1.47. The molecule has 1 atom stereocenters. The van der Waals surface area contributed by atoms with Gasteiger partial charge in [-0.2, -0.15) is 4.31 Å². The van der Waals surface area contributed by atoms with Crippen molar-refractivity contribution in [1.29, 1.82) is 0 Å². The number of sulfone groups is 1. The van der Waals surface area contributed by atoms with Crippen molar-refractivity contribution in [3.63, 3.8) is 0 Å². The number of nitrogens with one attached hydrogen (secondary N) is 2. The van der Waals surface area contributed by atoms with Gasteiger partial charge in [0, 0.05) is 71.1 Å². The van der Waals surface area contributed by atoms with Gasteiger partial charge < -0.3 is 10.6 Å². The minimum absolute atomic E-state index is 0.0358. The van der Waals surface area contributed by atoms with E-state index < -0.39 is 42.7 Å². The van der Waals surface area contributed by atoms with E-state index in [9.17, 15) is 21.6 Å². The van der Waals surface area contributed by atoms with Gasteiger partial charge in [-0.25, -0.2) is 21.2 Å². The van der Waals surface area contributed by atoms with Crippen LogP contribution in [0.3, 0.4) is 0 Å². The first kappa shape index (κ1) is 30.1. The van der Waals surface area contributed by atoms with Crippen LogP contribution in [0.15, 0.2) is 63.3 Å². The number of carbonyl (C=O) groups excluding carboxylic acids is 1. The molecule has 0 unspecified atom stereocenters. The second-order valence-electron chi connectivity index (χ2n) is 9.68. The average Bonchev–Trinajstić information content (AvgIpc) is 2.85. The highest BCUT2D eigenvalue weighted by Crippen LogP contribution is 2.37. The summed E-state index contributed by atoms with van der Waals surface area (Å²) in [4.78, 5) is 12.9. The van der Waals surface area contributed by atoms with E-state index in [0.717, 1.165) is 5.41 Å². The van der Waals surface area contributed by atoms with E-state index in [2.05, 4.69) is 26.6 Å². The van der Waals surface area contributed by atoms with Crippen LogP contribution < -0.4 is 10.6 Å². The summed E-state index contributed by atoms with van der Waals surface area (Å²) < 4.78 is 69.5. The highest BCUT2D eigenvalue weighted by atomic mass is 79.9. The van der Waals surface area contributed by atoms with Crippen LogP contribution in [-0.4, -0.2) is 70.2 Å². The molecule has 8 nitrogen and oxygen atoms in total. The van der Waals surface area contributed by atoms with Crippen LogP contribution >= 0.6 is 27.5 Å². The first-order chi connectivity index (χ1) is 18.4. The molecule has 2 saturated heterocycles. The van der Waals surface area contributed by atoms with Crippen molar-refractivity contribution < 1.29 is 26.0 Å². The third-order valence-corrected chi connectivity index (χ3v) is 11.7. The minimum Gasteiger partial charge on any atom is -0.347 e. The fraction of sp³-hybridized carbons (Fsp3) is 0.423. The first-order valence-corrected chi connectivity index (χ1v) is 16.8. The molecule has 2 aromatic rings. The van der Waals surface area contributed by atoms with Gasteiger partial charge in [0.15, 0.2) is 15.5 Å². The molecule has 0 radical (unpaired) electrons. The van der Waals surface area contributed by atoms with Crippen molar-refractivity contribution in [2.75, 3.05) is 26.2 Å². The summed E-state index contributed by atoms with van der Waals surface area (Å²) in [6, 6.07) is 11.0. The van der Waals surface area contributed by atoms with Crippen molar-refractivity contribution in [2.24, 2.45) is 0 Å². The maximum absolute atomic E-state index is 15.7. The van der Waals surface area contributed by atoms with Gasteiger partial charge in [0.25, 0.3) is 5.91 Å². The van der Waals surface area contributed by atoms with E-state index in [1.54, 1.807) is 43.3 Å². The van der Waals surface area contributed by atoms with Gasteiger partial charge in [0.1, 0.15) is 0 Å². The molecule has 2 aliphatic rings. The molecule has 2 N–H and O–H groups in total. The molecule has 2 fully saturated rings. The zero-order valence-corrected chi connectivity index (χ0v) is 25.2. The predicted octanol–water partition coefficient (Wildman–Crippen LogP) is 4.06. The summed E-state index contributed by atoms with van der Waals surface area (Å²) in [5.74, 6) is -0.876. The molecule has 1 amide bonds. The van der Waals surface area contributed by atoms with Crippen molar-refractivity contribution in [3.8, 4) is 11.1 Å². The highest BCUT2D eigenvalue weighted by Gasteiger charge is 2.45. The van der Waals surface area contributed by atoms with E-state index in [4.69, 9.17) is 11.6 Å². The quantitative estimate of drug-likeness (QED) is 0.419. The number of rotatable bonds is 9. The Bertz CT molecular complexity index is 1470. The average molecular weight is 663 g/mol. The molecule has 0 spiro atoms. The maximum Gasteiger partial charge on any atom is 0.258 e. The van der Waals surface area contributed by atoms with Gasteiger partial charge in [0.2, 0.25) is 10.0 Å². The van der Waals surface area contributed by atoms with Crippen LogP contribution in [0.4, 0.5) is 4.39 Å². The van der Waals surface area contributed by atoms with Crippen LogP contribution in [0.25, 0.3) is 11.1 Å². The lowest BCUT2D eigenvalue weighted by Gasteiger charge is -2.35. The molecule has 2 aliphatic heterocycles. The summed E-state index contributed by atoms with van der Waals surface area (Å²) in [5, 5.41) is 6.47. The Labute approximate surface area is 242 Å². The van der Waals surface area contributed by atoms with E-state index in [1.165, 1.54) is 16.4 Å². The number of carbonyl (C=O) groups is 1. The molecule has 2 aromatic carbocycles. The summed E-state index contributed by atoms with van der Waals surface area (Å²) in [7, 11) is -7.49. The lowest BCUT2D eigenvalue weighted by molar-refractivity contribution is -0.135. The van der Waals surface area contributed by atoms with E-state index >= 15 is 4.39 Å². The third kappa shape index (κ3) is 6.57. The second kappa shape index (κ2) is 12.0. The third-order valence-electron chi connectivity index (χ3n) is 7.11. The van der Waals surface area contributed by atoms with Crippen LogP contribution in [0.5, 0.6) is 0 Å². The topological polar surface area (TPSA) is 113 Å². The fourth-order valence-corrected chi connectivity index (χ4v) is 8.02. The molecular formula is C26H30BrClFN3O5S2. The molecule has 0 bridgehead atoms. The number of hydrogen-bond acceptors (Lipinski definition) is 6. The molecule has 0 saturated carbocycles. The standard InChI is InChI=1S/C26H30BrClFN3O5S2/c1-2-19(9-14-38(34,35)20-16-30-17-20)31-25(33)26(29)10-12-32(13-11-26)39(36,37)24-8-7-18(27)15-22(24)21-5-3-4-6-23(21)28/h3-9,14-15,19-20,30H,2,10-13,16-17H2,1H3,(H,31,33)/b14-9+/t19-/m1/s1. The smallest absolute Gasteiger partial charge is 0.258 e. The van der Waals surface area contributed by atoms with Crippen LogP contribution in [-0.2, 0) is 24.7 Å². The molecular weight excluding hydrogens is 633 g/mol. The van der Waals surface area contributed by atoms with Gasteiger partial charge in [-0.05, 0) is 30.7 Å². The lowest BCUT2D eigenvalue weighted by atomic mass is 9.93. The Morgan fingerprint density at radius 3 is 2.44 bits per heavy atom.